The topological polar surface area (TPSA) is 65.4 Å². The molecule has 0 fully saturated rings. The van der Waals surface area contributed by atoms with Crippen LogP contribution >= 0.6 is 0 Å². The van der Waals surface area contributed by atoms with Gasteiger partial charge < -0.3 is 14.8 Å². The fourth-order valence-electron chi connectivity index (χ4n) is 3.43. The molecule has 1 amide bonds. The van der Waals surface area contributed by atoms with Crippen molar-refractivity contribution in [2.24, 2.45) is 0 Å². The second-order valence-corrected chi connectivity index (χ2v) is 6.80. The van der Waals surface area contributed by atoms with Crippen molar-refractivity contribution in [2.45, 2.75) is 32.9 Å². The van der Waals surface area contributed by atoms with E-state index in [-0.39, 0.29) is 12.0 Å². The molecule has 0 spiro atoms. The Balaban J connectivity index is 1.53. The van der Waals surface area contributed by atoms with Crippen LogP contribution in [0, 0.1) is 0 Å². The minimum Gasteiger partial charge on any atom is -0.494 e. The van der Waals surface area contributed by atoms with Gasteiger partial charge in [0.1, 0.15) is 23.3 Å². The number of nitrogens with zero attached hydrogens (tertiary/aromatic N) is 2. The number of hydrogen-bond donors (Lipinski definition) is 1. The zero-order chi connectivity index (χ0) is 19.5. The maximum Gasteiger partial charge on any atom is 0.270 e. The molecule has 6 heteroatoms. The van der Waals surface area contributed by atoms with E-state index in [0.29, 0.717) is 18.8 Å². The smallest absolute Gasteiger partial charge is 0.270 e. The summed E-state index contributed by atoms with van der Waals surface area (Å²) in [6.45, 7) is 4.91. The number of rotatable bonds is 6. The zero-order valence-electron chi connectivity index (χ0n) is 16.0. The number of fused-ring (bicyclic) bond motifs is 1. The lowest BCUT2D eigenvalue weighted by atomic mass is 10.1. The molecule has 0 bridgehead atoms. The van der Waals surface area contributed by atoms with E-state index in [2.05, 4.69) is 10.3 Å². The quantitative estimate of drug-likeness (QED) is 0.714. The summed E-state index contributed by atoms with van der Waals surface area (Å²) in [5, 5.41) is 2.98. The molecule has 1 aliphatic rings. The van der Waals surface area contributed by atoms with Gasteiger partial charge in [-0.05, 0) is 38.1 Å². The first-order valence-electron chi connectivity index (χ1n) is 9.47. The van der Waals surface area contributed by atoms with Crippen molar-refractivity contribution in [3.63, 3.8) is 0 Å². The molecule has 4 rings (SSSR count). The van der Waals surface area contributed by atoms with Crippen LogP contribution in [0.5, 0.6) is 11.5 Å². The summed E-state index contributed by atoms with van der Waals surface area (Å²) in [7, 11) is 0. The molecule has 0 aliphatic carbocycles. The number of hydrogen-bond acceptors (Lipinski definition) is 4. The lowest BCUT2D eigenvalue weighted by Crippen LogP contribution is -2.25. The van der Waals surface area contributed by atoms with Crippen molar-refractivity contribution >= 4 is 5.91 Å². The average Bonchev–Trinajstić information content (AvgIpc) is 3.32. The van der Waals surface area contributed by atoms with Gasteiger partial charge in [0.05, 0.1) is 19.1 Å². The zero-order valence-corrected chi connectivity index (χ0v) is 16.0. The van der Waals surface area contributed by atoms with Crippen molar-refractivity contribution in [1.29, 1.82) is 0 Å². The molecule has 2 heterocycles. The van der Waals surface area contributed by atoms with Crippen molar-refractivity contribution in [3.05, 3.63) is 71.8 Å². The van der Waals surface area contributed by atoms with Gasteiger partial charge >= 0.3 is 0 Å². The molecule has 0 saturated carbocycles. The van der Waals surface area contributed by atoms with Crippen LogP contribution in [0.3, 0.4) is 0 Å². The number of amides is 1. The van der Waals surface area contributed by atoms with Gasteiger partial charge in [-0.15, -0.1) is 0 Å². The largest absolute Gasteiger partial charge is 0.494 e. The van der Waals surface area contributed by atoms with E-state index in [1.54, 1.807) is 17.1 Å². The molecule has 1 unspecified atom stereocenters. The second kappa shape index (κ2) is 7.76. The van der Waals surface area contributed by atoms with Crippen molar-refractivity contribution in [1.82, 2.24) is 14.9 Å². The third kappa shape index (κ3) is 3.58. The number of para-hydroxylation sites is 1. The predicted octanol–water partition coefficient (Wildman–Crippen LogP) is 3.52. The Morgan fingerprint density at radius 3 is 2.93 bits per heavy atom. The van der Waals surface area contributed by atoms with E-state index in [4.69, 9.17) is 9.47 Å². The fraction of sp³-hybridized carbons (Fsp3) is 0.273. The number of benzene rings is 2. The number of carbonyl (C=O) groups is 1. The summed E-state index contributed by atoms with van der Waals surface area (Å²) < 4.78 is 13.4. The van der Waals surface area contributed by atoms with E-state index in [1.165, 1.54) is 0 Å². The van der Waals surface area contributed by atoms with E-state index >= 15 is 0 Å². The Hall–Kier alpha value is -3.28. The maximum absolute atomic E-state index is 12.8. The normalized spacial score (nSPS) is 15.0. The SMILES string of the molecule is CCOc1cc2c(cc1CNC(=O)c1cncn1-c1ccccc1)OC(C)C2. The van der Waals surface area contributed by atoms with Gasteiger partial charge in [0.2, 0.25) is 0 Å². The number of nitrogens with one attached hydrogen (secondary N) is 1. The molecule has 144 valence electrons. The monoisotopic (exact) mass is 377 g/mol. The van der Waals surface area contributed by atoms with Crippen molar-refractivity contribution < 1.29 is 14.3 Å². The van der Waals surface area contributed by atoms with Gasteiger partial charge in [0.25, 0.3) is 5.91 Å². The highest BCUT2D eigenvalue weighted by atomic mass is 16.5. The van der Waals surface area contributed by atoms with Crippen molar-refractivity contribution in [3.8, 4) is 17.2 Å². The summed E-state index contributed by atoms with van der Waals surface area (Å²) in [5.41, 5.74) is 3.41. The van der Waals surface area contributed by atoms with Crippen LogP contribution in [0.2, 0.25) is 0 Å². The Bertz CT molecular complexity index is 982. The molecule has 0 radical (unpaired) electrons. The summed E-state index contributed by atoms with van der Waals surface area (Å²) >= 11 is 0. The summed E-state index contributed by atoms with van der Waals surface area (Å²) in [4.78, 5) is 16.9. The Morgan fingerprint density at radius 2 is 2.14 bits per heavy atom. The van der Waals surface area contributed by atoms with Crippen LogP contribution in [0.25, 0.3) is 5.69 Å². The van der Waals surface area contributed by atoms with E-state index in [9.17, 15) is 4.79 Å². The fourth-order valence-corrected chi connectivity index (χ4v) is 3.43. The molecule has 28 heavy (non-hydrogen) atoms. The van der Waals surface area contributed by atoms with Gasteiger partial charge in [-0.25, -0.2) is 4.98 Å². The van der Waals surface area contributed by atoms with Crippen LogP contribution < -0.4 is 14.8 Å². The molecule has 1 atom stereocenters. The Kier molecular flexibility index (Phi) is 5.02. The van der Waals surface area contributed by atoms with E-state index < -0.39 is 0 Å². The molecule has 1 aromatic heterocycles. The van der Waals surface area contributed by atoms with Gasteiger partial charge in [0, 0.05) is 29.8 Å². The molecule has 1 aliphatic heterocycles. The maximum atomic E-state index is 12.8. The van der Waals surface area contributed by atoms with Crippen LogP contribution in [0.4, 0.5) is 0 Å². The molecule has 1 N–H and O–H groups in total. The highest BCUT2D eigenvalue weighted by molar-refractivity contribution is 5.93. The summed E-state index contributed by atoms with van der Waals surface area (Å²) in [5.74, 6) is 1.46. The average molecular weight is 377 g/mol. The first-order chi connectivity index (χ1) is 13.7. The predicted molar refractivity (Wildman–Crippen MR) is 106 cm³/mol. The lowest BCUT2D eigenvalue weighted by Gasteiger charge is -2.14. The standard InChI is InChI=1S/C22H23N3O3/c1-3-27-20-10-16-9-15(2)28-21(16)11-17(20)12-24-22(26)19-13-23-14-25(19)18-7-5-4-6-8-18/h4-8,10-11,13-15H,3,9,12H2,1-2H3,(H,24,26). The molecule has 3 aromatic rings. The van der Waals surface area contributed by atoms with Crippen LogP contribution in [0.1, 0.15) is 35.5 Å². The minimum absolute atomic E-state index is 0.162. The van der Waals surface area contributed by atoms with Gasteiger partial charge in [-0.1, -0.05) is 18.2 Å². The molecule has 2 aromatic carbocycles. The molecule has 0 saturated heterocycles. The summed E-state index contributed by atoms with van der Waals surface area (Å²) in [6.07, 6.45) is 4.24. The third-order valence-electron chi connectivity index (χ3n) is 4.72. The van der Waals surface area contributed by atoms with Crippen LogP contribution in [-0.2, 0) is 13.0 Å². The number of aromatic nitrogens is 2. The molecular formula is C22H23N3O3. The molecular weight excluding hydrogens is 354 g/mol. The lowest BCUT2D eigenvalue weighted by molar-refractivity contribution is 0.0943. The van der Waals surface area contributed by atoms with E-state index in [0.717, 1.165) is 34.7 Å². The van der Waals surface area contributed by atoms with Crippen LogP contribution in [0.15, 0.2) is 55.0 Å². The van der Waals surface area contributed by atoms with E-state index in [1.807, 2.05) is 56.3 Å². The van der Waals surface area contributed by atoms with Gasteiger partial charge in [0.15, 0.2) is 0 Å². The van der Waals surface area contributed by atoms with Gasteiger partial charge in [-0.3, -0.25) is 9.36 Å². The first-order valence-corrected chi connectivity index (χ1v) is 9.47. The Labute approximate surface area is 164 Å². The third-order valence-corrected chi connectivity index (χ3v) is 4.72. The van der Waals surface area contributed by atoms with Gasteiger partial charge in [-0.2, -0.15) is 0 Å². The highest BCUT2D eigenvalue weighted by Gasteiger charge is 2.22. The number of carbonyl (C=O) groups excluding carboxylic acids is 1. The highest BCUT2D eigenvalue weighted by Crippen LogP contribution is 2.35. The minimum atomic E-state index is -0.196. The second-order valence-electron chi connectivity index (χ2n) is 6.80. The molecule has 6 nitrogen and oxygen atoms in total. The summed E-state index contributed by atoms with van der Waals surface area (Å²) in [6, 6.07) is 13.7. The number of ether oxygens (including phenoxy) is 2. The van der Waals surface area contributed by atoms with Crippen LogP contribution in [-0.4, -0.2) is 28.2 Å². The van der Waals surface area contributed by atoms with Crippen molar-refractivity contribution in [2.75, 3.05) is 6.61 Å². The first kappa shape index (κ1) is 18.1. The Morgan fingerprint density at radius 1 is 1.32 bits per heavy atom. The number of imidazole rings is 1.